The molecule has 7 heteroatoms. The van der Waals surface area contributed by atoms with Crippen LogP contribution in [0, 0.1) is 5.82 Å². The highest BCUT2D eigenvalue weighted by Gasteiger charge is 2.18. The van der Waals surface area contributed by atoms with Crippen LogP contribution < -0.4 is 5.56 Å². The molecule has 0 atom stereocenters. The van der Waals surface area contributed by atoms with Gasteiger partial charge in [-0.05, 0) is 39.7 Å². The molecule has 2 heterocycles. The predicted octanol–water partition coefficient (Wildman–Crippen LogP) is 2.50. The number of hydrogen-bond donors (Lipinski definition) is 0. The number of aromatic nitrogens is 2. The molecular formula is C14H10BrFN2O3. The highest BCUT2D eigenvalue weighted by Crippen LogP contribution is 2.19. The van der Waals surface area contributed by atoms with Crippen molar-refractivity contribution in [3.8, 4) is 0 Å². The molecule has 0 bridgehead atoms. The van der Waals surface area contributed by atoms with Gasteiger partial charge in [-0.15, -0.1) is 0 Å². The number of benzene rings is 1. The molecule has 21 heavy (non-hydrogen) atoms. The van der Waals surface area contributed by atoms with E-state index in [2.05, 4.69) is 20.9 Å². The number of rotatable bonds is 3. The third kappa shape index (κ3) is 2.88. The maximum atomic E-state index is 13.3. The summed E-state index contributed by atoms with van der Waals surface area (Å²) in [6, 6.07) is 6.05. The maximum absolute atomic E-state index is 13.3. The van der Waals surface area contributed by atoms with Gasteiger partial charge in [0, 0.05) is 6.20 Å². The van der Waals surface area contributed by atoms with Gasteiger partial charge in [0.15, 0.2) is 5.82 Å². The standard InChI is InChI=1S/C14H10BrFN2O3/c15-11-7-17-13(12-4-5-20-21-12)18(14(11)19)8-9-2-1-3-10(16)6-9/h1-4,6-7H,5,8H2. The molecular weight excluding hydrogens is 343 g/mol. The fourth-order valence-corrected chi connectivity index (χ4v) is 2.32. The van der Waals surface area contributed by atoms with Crippen LogP contribution in [0.25, 0.3) is 5.76 Å². The monoisotopic (exact) mass is 352 g/mol. The van der Waals surface area contributed by atoms with Crippen LogP contribution in [-0.2, 0) is 16.3 Å². The molecule has 0 aliphatic carbocycles. The summed E-state index contributed by atoms with van der Waals surface area (Å²) in [4.78, 5) is 26.3. The van der Waals surface area contributed by atoms with E-state index in [0.29, 0.717) is 28.2 Å². The average molecular weight is 353 g/mol. The van der Waals surface area contributed by atoms with E-state index in [-0.39, 0.29) is 17.9 Å². The van der Waals surface area contributed by atoms with Crippen molar-refractivity contribution in [3.05, 3.63) is 68.6 Å². The molecule has 0 spiro atoms. The first-order chi connectivity index (χ1) is 10.1. The topological polar surface area (TPSA) is 53.4 Å². The van der Waals surface area contributed by atoms with Gasteiger partial charge in [0.25, 0.3) is 5.56 Å². The quantitative estimate of drug-likeness (QED) is 0.796. The first kappa shape index (κ1) is 14.0. The summed E-state index contributed by atoms with van der Waals surface area (Å²) in [5.74, 6) is 0.352. The lowest BCUT2D eigenvalue weighted by Crippen LogP contribution is -2.26. The van der Waals surface area contributed by atoms with Gasteiger partial charge in [-0.25, -0.2) is 9.37 Å². The number of hydrogen-bond acceptors (Lipinski definition) is 4. The minimum Gasteiger partial charge on any atom is -0.333 e. The normalized spacial score (nSPS) is 13.9. The Hall–Kier alpha value is -1.99. The van der Waals surface area contributed by atoms with Gasteiger partial charge in [0.1, 0.15) is 16.9 Å². The summed E-state index contributed by atoms with van der Waals surface area (Å²) in [7, 11) is 0. The van der Waals surface area contributed by atoms with Crippen LogP contribution in [0.1, 0.15) is 11.4 Å². The molecule has 0 unspecified atom stereocenters. The molecule has 0 amide bonds. The van der Waals surface area contributed by atoms with Crippen LogP contribution in [0.15, 0.2) is 45.8 Å². The second kappa shape index (κ2) is 5.79. The van der Waals surface area contributed by atoms with Crippen molar-refractivity contribution < 1.29 is 14.2 Å². The van der Waals surface area contributed by atoms with E-state index < -0.39 is 0 Å². The van der Waals surface area contributed by atoms with Gasteiger partial charge in [-0.1, -0.05) is 12.1 Å². The highest BCUT2D eigenvalue weighted by molar-refractivity contribution is 9.10. The molecule has 0 saturated heterocycles. The largest absolute Gasteiger partial charge is 0.333 e. The Labute approximate surface area is 127 Å². The molecule has 108 valence electrons. The van der Waals surface area contributed by atoms with E-state index in [4.69, 9.17) is 9.78 Å². The zero-order chi connectivity index (χ0) is 14.8. The molecule has 0 fully saturated rings. The van der Waals surface area contributed by atoms with Crippen LogP contribution >= 0.6 is 15.9 Å². The van der Waals surface area contributed by atoms with Gasteiger partial charge in [-0.2, -0.15) is 4.89 Å². The molecule has 1 aliphatic heterocycles. The molecule has 0 N–H and O–H groups in total. The molecule has 1 aromatic carbocycles. The molecule has 1 aliphatic rings. The minimum absolute atomic E-state index is 0.180. The zero-order valence-corrected chi connectivity index (χ0v) is 12.3. The van der Waals surface area contributed by atoms with Crippen molar-refractivity contribution in [1.82, 2.24) is 9.55 Å². The Morgan fingerprint density at radius 2 is 2.29 bits per heavy atom. The fraction of sp³-hybridized carbons (Fsp3) is 0.143. The van der Waals surface area contributed by atoms with E-state index in [1.807, 2.05) is 0 Å². The van der Waals surface area contributed by atoms with E-state index in [1.165, 1.54) is 22.9 Å². The van der Waals surface area contributed by atoms with Crippen molar-refractivity contribution in [1.29, 1.82) is 0 Å². The third-order valence-corrected chi connectivity index (χ3v) is 3.48. The third-order valence-electron chi connectivity index (χ3n) is 2.94. The number of halogens is 2. The summed E-state index contributed by atoms with van der Waals surface area (Å²) in [5.41, 5.74) is 0.374. The SMILES string of the molecule is O=c1c(Br)cnc(C2=CCOO2)n1Cc1cccc(F)c1. The predicted molar refractivity (Wildman–Crippen MR) is 76.7 cm³/mol. The fourth-order valence-electron chi connectivity index (χ4n) is 2.00. The van der Waals surface area contributed by atoms with Gasteiger partial charge in [-0.3, -0.25) is 9.36 Å². The van der Waals surface area contributed by atoms with Crippen molar-refractivity contribution in [2.24, 2.45) is 0 Å². The smallest absolute Gasteiger partial charge is 0.268 e. The Morgan fingerprint density at radius 1 is 1.43 bits per heavy atom. The first-order valence-corrected chi connectivity index (χ1v) is 6.94. The number of nitrogens with zero attached hydrogens (tertiary/aromatic N) is 2. The van der Waals surface area contributed by atoms with E-state index in [0.717, 1.165) is 0 Å². The molecule has 0 radical (unpaired) electrons. The van der Waals surface area contributed by atoms with Gasteiger partial charge in [0.2, 0.25) is 5.76 Å². The lowest BCUT2D eigenvalue weighted by Gasteiger charge is -2.12. The Balaban J connectivity index is 2.07. The average Bonchev–Trinajstić information content (AvgIpc) is 2.98. The van der Waals surface area contributed by atoms with Crippen molar-refractivity contribution in [2.75, 3.05) is 6.61 Å². The van der Waals surface area contributed by atoms with Crippen molar-refractivity contribution in [2.45, 2.75) is 6.54 Å². The summed E-state index contributed by atoms with van der Waals surface area (Å²) in [6.07, 6.45) is 3.08. The van der Waals surface area contributed by atoms with E-state index in [9.17, 15) is 9.18 Å². The zero-order valence-electron chi connectivity index (χ0n) is 10.8. The molecule has 2 aromatic rings. The van der Waals surface area contributed by atoms with E-state index in [1.54, 1.807) is 18.2 Å². The Kier molecular flexibility index (Phi) is 3.85. The second-order valence-corrected chi connectivity index (χ2v) is 5.24. The van der Waals surface area contributed by atoms with Gasteiger partial charge in [0.05, 0.1) is 6.54 Å². The van der Waals surface area contributed by atoms with Gasteiger partial charge < -0.3 is 4.89 Å². The molecule has 0 saturated carbocycles. The van der Waals surface area contributed by atoms with E-state index >= 15 is 0 Å². The Bertz CT molecular complexity index is 773. The molecule has 3 rings (SSSR count). The maximum Gasteiger partial charge on any atom is 0.268 e. The van der Waals surface area contributed by atoms with Crippen molar-refractivity contribution in [3.63, 3.8) is 0 Å². The van der Waals surface area contributed by atoms with Gasteiger partial charge >= 0.3 is 0 Å². The summed E-state index contributed by atoms with van der Waals surface area (Å²) >= 11 is 3.16. The molecule has 5 nitrogen and oxygen atoms in total. The lowest BCUT2D eigenvalue weighted by molar-refractivity contribution is -0.209. The van der Waals surface area contributed by atoms with Crippen molar-refractivity contribution >= 4 is 21.7 Å². The first-order valence-electron chi connectivity index (χ1n) is 6.15. The van der Waals surface area contributed by atoms with Crippen LogP contribution in [0.4, 0.5) is 4.39 Å². The lowest BCUT2D eigenvalue weighted by atomic mass is 10.2. The second-order valence-electron chi connectivity index (χ2n) is 4.39. The van der Waals surface area contributed by atoms with Crippen LogP contribution in [0.3, 0.4) is 0 Å². The van der Waals surface area contributed by atoms with Crippen LogP contribution in [0.5, 0.6) is 0 Å². The summed E-state index contributed by atoms with van der Waals surface area (Å²) in [5, 5.41) is 0. The Morgan fingerprint density at radius 3 is 3.00 bits per heavy atom. The summed E-state index contributed by atoms with van der Waals surface area (Å²) < 4.78 is 15.0. The van der Waals surface area contributed by atoms with Crippen LogP contribution in [0.2, 0.25) is 0 Å². The summed E-state index contributed by atoms with van der Waals surface area (Å²) in [6.45, 7) is 0.473. The highest BCUT2D eigenvalue weighted by atomic mass is 79.9. The molecule has 1 aromatic heterocycles. The van der Waals surface area contributed by atoms with Crippen LogP contribution in [-0.4, -0.2) is 16.2 Å². The minimum atomic E-state index is -0.357.